The molecule has 106 valence electrons. The number of hydrogen-bond donors (Lipinski definition) is 1. The fourth-order valence-corrected chi connectivity index (χ4v) is 2.29. The monoisotopic (exact) mass is 298 g/mol. The van der Waals surface area contributed by atoms with E-state index in [4.69, 9.17) is 0 Å². The molecule has 7 heteroatoms. The summed E-state index contributed by atoms with van der Waals surface area (Å²) in [5.41, 5.74) is 1.65. The molecule has 4 nitrogen and oxygen atoms in total. The van der Waals surface area contributed by atoms with Gasteiger partial charge >= 0.3 is 5.76 Å². The van der Waals surface area contributed by atoms with Crippen LogP contribution in [0.4, 0.5) is 14.5 Å². The number of nitrogens with one attached hydrogen (secondary N) is 1. The fraction of sp³-hybridized carbons (Fsp3) is 0.154. The summed E-state index contributed by atoms with van der Waals surface area (Å²) >= 11 is 0. The minimum absolute atomic E-state index is 0.387. The van der Waals surface area contributed by atoms with Crippen LogP contribution in [0.25, 0.3) is 0 Å². The van der Waals surface area contributed by atoms with Gasteiger partial charge in [-0.25, -0.2) is 8.42 Å². The molecule has 1 aromatic heterocycles. The third-order valence-corrected chi connectivity index (χ3v) is 4.06. The molecule has 0 radical (unpaired) electrons. The third-order valence-electron chi connectivity index (χ3n) is 2.66. The van der Waals surface area contributed by atoms with E-state index in [-0.39, 0.29) is 4.90 Å². The molecule has 2 aromatic rings. The molecule has 0 saturated carbocycles. The van der Waals surface area contributed by atoms with Crippen molar-refractivity contribution in [3.05, 3.63) is 54.4 Å². The van der Waals surface area contributed by atoms with Crippen LogP contribution in [-0.4, -0.2) is 19.2 Å². The predicted molar refractivity (Wildman–Crippen MR) is 71.2 cm³/mol. The highest BCUT2D eigenvalue weighted by Crippen LogP contribution is 2.20. The quantitative estimate of drug-likeness (QED) is 0.922. The van der Waals surface area contributed by atoms with E-state index in [1.54, 1.807) is 12.4 Å². The Morgan fingerprint density at radius 1 is 1.05 bits per heavy atom. The molecule has 0 atom stereocenters. The van der Waals surface area contributed by atoms with Crippen LogP contribution in [0.15, 0.2) is 53.7 Å². The maximum atomic E-state index is 12.4. The maximum absolute atomic E-state index is 12.4. The van der Waals surface area contributed by atoms with Crippen molar-refractivity contribution in [3.63, 3.8) is 0 Å². The van der Waals surface area contributed by atoms with Gasteiger partial charge in [0.1, 0.15) is 0 Å². The van der Waals surface area contributed by atoms with E-state index >= 15 is 0 Å². The standard InChI is InChI=1S/C13H12F2N2O2S/c14-13(15)20(18,19)12-3-1-11(2-4-12)17-9-10-5-7-16-8-6-10/h1-8,13,17H,9H2. The van der Waals surface area contributed by atoms with Crippen molar-refractivity contribution in [1.29, 1.82) is 0 Å². The number of sulfone groups is 1. The molecule has 0 saturated heterocycles. The van der Waals surface area contributed by atoms with Gasteiger partial charge in [0, 0.05) is 24.6 Å². The minimum atomic E-state index is -4.53. The van der Waals surface area contributed by atoms with Crippen LogP contribution in [0.2, 0.25) is 0 Å². The molecule has 0 aliphatic carbocycles. The predicted octanol–water partition coefficient (Wildman–Crippen LogP) is 2.69. The normalized spacial score (nSPS) is 11.6. The summed E-state index contributed by atoms with van der Waals surface area (Å²) in [6.45, 7) is 0.531. The van der Waals surface area contributed by atoms with E-state index < -0.39 is 15.6 Å². The number of hydrogen-bond acceptors (Lipinski definition) is 4. The molecule has 1 heterocycles. The van der Waals surface area contributed by atoms with Gasteiger partial charge in [-0.05, 0) is 42.0 Å². The Balaban J connectivity index is 2.06. The average molecular weight is 298 g/mol. The van der Waals surface area contributed by atoms with Crippen molar-refractivity contribution >= 4 is 15.5 Å². The Bertz CT molecular complexity index is 659. The van der Waals surface area contributed by atoms with Gasteiger partial charge in [-0.1, -0.05) is 0 Å². The van der Waals surface area contributed by atoms with Gasteiger partial charge in [-0.3, -0.25) is 4.98 Å². The minimum Gasteiger partial charge on any atom is -0.381 e. The number of alkyl halides is 2. The van der Waals surface area contributed by atoms with Crippen LogP contribution < -0.4 is 5.32 Å². The number of pyridine rings is 1. The topological polar surface area (TPSA) is 59.1 Å². The number of halogens is 2. The largest absolute Gasteiger partial charge is 0.381 e. The van der Waals surface area contributed by atoms with Crippen LogP contribution >= 0.6 is 0 Å². The van der Waals surface area contributed by atoms with Crippen molar-refractivity contribution in [1.82, 2.24) is 4.98 Å². The molecule has 0 spiro atoms. The summed E-state index contributed by atoms with van der Waals surface area (Å²) in [6, 6.07) is 8.91. The van der Waals surface area contributed by atoms with Gasteiger partial charge in [0.15, 0.2) is 0 Å². The lowest BCUT2D eigenvalue weighted by Gasteiger charge is -2.08. The Morgan fingerprint density at radius 3 is 2.20 bits per heavy atom. The van der Waals surface area contributed by atoms with Crippen LogP contribution in [0.5, 0.6) is 0 Å². The smallest absolute Gasteiger partial charge is 0.341 e. The van der Waals surface area contributed by atoms with E-state index in [0.29, 0.717) is 12.2 Å². The molecule has 0 aliphatic rings. The Kier molecular flexibility index (Phi) is 4.29. The lowest BCUT2D eigenvalue weighted by atomic mass is 10.2. The second-order valence-electron chi connectivity index (χ2n) is 4.04. The van der Waals surface area contributed by atoms with Crippen molar-refractivity contribution in [2.75, 3.05) is 5.32 Å². The molecular formula is C13H12F2N2O2S. The van der Waals surface area contributed by atoms with Crippen LogP contribution in [0, 0.1) is 0 Å². The molecule has 1 aromatic carbocycles. The molecule has 0 bridgehead atoms. The number of anilines is 1. The highest BCUT2D eigenvalue weighted by Gasteiger charge is 2.26. The number of benzene rings is 1. The zero-order chi connectivity index (χ0) is 14.6. The first kappa shape index (κ1) is 14.4. The van der Waals surface area contributed by atoms with E-state index in [0.717, 1.165) is 17.7 Å². The van der Waals surface area contributed by atoms with Gasteiger partial charge < -0.3 is 5.32 Å². The van der Waals surface area contributed by atoms with E-state index in [9.17, 15) is 17.2 Å². The van der Waals surface area contributed by atoms with Gasteiger partial charge in [0.05, 0.1) is 4.90 Å². The first-order valence-corrected chi connectivity index (χ1v) is 7.29. The van der Waals surface area contributed by atoms with E-state index in [1.807, 2.05) is 12.1 Å². The summed E-state index contributed by atoms with van der Waals surface area (Å²) < 4.78 is 47.2. The third kappa shape index (κ3) is 3.30. The summed E-state index contributed by atoms with van der Waals surface area (Å²) in [7, 11) is -4.53. The maximum Gasteiger partial charge on any atom is 0.341 e. The summed E-state index contributed by atoms with van der Waals surface area (Å²) in [5.74, 6) is -3.40. The highest BCUT2D eigenvalue weighted by molar-refractivity contribution is 7.91. The first-order chi connectivity index (χ1) is 9.50. The summed E-state index contributed by atoms with van der Waals surface area (Å²) in [4.78, 5) is 3.50. The van der Waals surface area contributed by atoms with Gasteiger partial charge in [-0.2, -0.15) is 8.78 Å². The molecule has 0 fully saturated rings. The summed E-state index contributed by atoms with van der Waals surface area (Å²) in [5, 5.41) is 3.06. The van der Waals surface area contributed by atoms with Crippen molar-refractivity contribution < 1.29 is 17.2 Å². The summed E-state index contributed by atoms with van der Waals surface area (Å²) in [6.07, 6.45) is 3.32. The Labute approximate surface area is 115 Å². The van der Waals surface area contributed by atoms with Crippen molar-refractivity contribution in [2.24, 2.45) is 0 Å². The lowest BCUT2D eigenvalue weighted by Crippen LogP contribution is -2.11. The Hall–Kier alpha value is -2.02. The number of aromatic nitrogens is 1. The Morgan fingerprint density at radius 2 is 1.65 bits per heavy atom. The molecule has 1 N–H and O–H groups in total. The second kappa shape index (κ2) is 5.96. The van der Waals surface area contributed by atoms with E-state index in [2.05, 4.69) is 10.3 Å². The fourth-order valence-electron chi connectivity index (χ4n) is 1.57. The van der Waals surface area contributed by atoms with Crippen LogP contribution in [-0.2, 0) is 16.4 Å². The van der Waals surface area contributed by atoms with Gasteiger partial charge in [0.2, 0.25) is 9.84 Å². The van der Waals surface area contributed by atoms with Gasteiger partial charge in [-0.15, -0.1) is 0 Å². The first-order valence-electron chi connectivity index (χ1n) is 5.75. The molecule has 2 rings (SSSR count). The lowest BCUT2D eigenvalue weighted by molar-refractivity contribution is 0.234. The van der Waals surface area contributed by atoms with Crippen molar-refractivity contribution in [3.8, 4) is 0 Å². The number of rotatable bonds is 5. The molecule has 0 unspecified atom stereocenters. The number of nitrogens with zero attached hydrogens (tertiary/aromatic N) is 1. The zero-order valence-electron chi connectivity index (χ0n) is 10.3. The molecule has 0 aliphatic heterocycles. The average Bonchev–Trinajstić information content (AvgIpc) is 2.46. The molecule has 20 heavy (non-hydrogen) atoms. The van der Waals surface area contributed by atoms with Crippen LogP contribution in [0.1, 0.15) is 5.56 Å². The zero-order valence-corrected chi connectivity index (χ0v) is 11.1. The molecule has 0 amide bonds. The molecular weight excluding hydrogens is 286 g/mol. The van der Waals surface area contributed by atoms with Gasteiger partial charge in [0.25, 0.3) is 0 Å². The highest BCUT2D eigenvalue weighted by atomic mass is 32.2. The second-order valence-corrected chi connectivity index (χ2v) is 5.96. The van der Waals surface area contributed by atoms with Crippen LogP contribution in [0.3, 0.4) is 0 Å². The van der Waals surface area contributed by atoms with Crippen molar-refractivity contribution in [2.45, 2.75) is 17.2 Å². The van der Waals surface area contributed by atoms with E-state index in [1.165, 1.54) is 12.1 Å². The SMILES string of the molecule is O=S(=O)(c1ccc(NCc2ccncc2)cc1)C(F)F.